The van der Waals surface area contributed by atoms with Gasteiger partial charge >= 0.3 is 11.9 Å². The van der Waals surface area contributed by atoms with E-state index in [0.717, 1.165) is 11.3 Å². The number of sulfone groups is 1. The number of methoxy groups -OCH3 is 1. The summed E-state index contributed by atoms with van der Waals surface area (Å²) in [5.41, 5.74) is 0. The maximum absolute atomic E-state index is 11.7. The average Bonchev–Trinajstić information content (AvgIpc) is 2.73. The van der Waals surface area contributed by atoms with Crippen LogP contribution in [0.3, 0.4) is 0 Å². The maximum atomic E-state index is 11.7. The standard InChI is InChI=1S/C10H12O6S2/c1-16-9(11)4-5-18(14,15)6-7-2-3-8(17-7)10(12)13/h2-3H,4-6H2,1H3,(H,12,13). The van der Waals surface area contributed by atoms with Crippen molar-refractivity contribution in [2.75, 3.05) is 12.9 Å². The number of hydrogen-bond donors (Lipinski definition) is 1. The third kappa shape index (κ3) is 4.46. The molecule has 1 heterocycles. The predicted octanol–water partition coefficient (Wildman–Crippen LogP) is 0.924. The molecule has 0 unspecified atom stereocenters. The molecule has 0 spiro atoms. The molecule has 0 aliphatic heterocycles. The number of rotatable bonds is 6. The van der Waals surface area contributed by atoms with Crippen LogP contribution in [0.25, 0.3) is 0 Å². The van der Waals surface area contributed by atoms with Crippen LogP contribution in [0.2, 0.25) is 0 Å². The molecule has 0 atom stereocenters. The smallest absolute Gasteiger partial charge is 0.345 e. The Hall–Kier alpha value is -1.41. The van der Waals surface area contributed by atoms with Gasteiger partial charge in [0.05, 0.1) is 25.0 Å². The lowest BCUT2D eigenvalue weighted by molar-refractivity contribution is -0.140. The molecule has 18 heavy (non-hydrogen) atoms. The SMILES string of the molecule is COC(=O)CCS(=O)(=O)Cc1ccc(C(=O)O)s1. The van der Waals surface area contributed by atoms with E-state index >= 15 is 0 Å². The molecule has 0 bridgehead atoms. The molecule has 8 heteroatoms. The zero-order valence-corrected chi connectivity index (χ0v) is 11.2. The zero-order chi connectivity index (χ0) is 13.8. The molecule has 0 saturated carbocycles. The van der Waals surface area contributed by atoms with Gasteiger partial charge in [0.15, 0.2) is 9.84 Å². The van der Waals surface area contributed by atoms with Crippen molar-refractivity contribution >= 4 is 33.1 Å². The highest BCUT2D eigenvalue weighted by molar-refractivity contribution is 7.90. The van der Waals surface area contributed by atoms with Crippen LogP contribution >= 0.6 is 11.3 Å². The van der Waals surface area contributed by atoms with Crippen molar-refractivity contribution in [2.24, 2.45) is 0 Å². The van der Waals surface area contributed by atoms with Crippen LogP contribution in [0.5, 0.6) is 0 Å². The lowest BCUT2D eigenvalue weighted by Crippen LogP contribution is -2.13. The van der Waals surface area contributed by atoms with Crippen LogP contribution in [-0.4, -0.2) is 38.3 Å². The number of carboxylic acids is 1. The number of hydrogen-bond acceptors (Lipinski definition) is 6. The maximum Gasteiger partial charge on any atom is 0.345 e. The first-order valence-corrected chi connectivity index (χ1v) is 7.57. The van der Waals surface area contributed by atoms with Gasteiger partial charge in [-0.15, -0.1) is 11.3 Å². The lowest BCUT2D eigenvalue weighted by Gasteiger charge is -2.01. The fourth-order valence-electron chi connectivity index (χ4n) is 1.20. The molecule has 1 N–H and O–H groups in total. The first kappa shape index (κ1) is 14.7. The second kappa shape index (κ2) is 5.96. The summed E-state index contributed by atoms with van der Waals surface area (Å²) in [6.07, 6.45) is -0.198. The third-order valence-electron chi connectivity index (χ3n) is 2.08. The summed E-state index contributed by atoms with van der Waals surface area (Å²) in [5, 5.41) is 8.70. The minimum Gasteiger partial charge on any atom is -0.477 e. The molecule has 1 aromatic heterocycles. The first-order chi connectivity index (χ1) is 8.34. The van der Waals surface area contributed by atoms with Crippen molar-refractivity contribution in [2.45, 2.75) is 12.2 Å². The lowest BCUT2D eigenvalue weighted by atomic mass is 10.4. The number of carbonyl (C=O) groups excluding carboxylic acids is 1. The molecule has 0 aliphatic carbocycles. The van der Waals surface area contributed by atoms with Crippen LogP contribution in [0.4, 0.5) is 0 Å². The van der Waals surface area contributed by atoms with E-state index in [4.69, 9.17) is 5.11 Å². The summed E-state index contributed by atoms with van der Waals surface area (Å²) in [5.74, 6) is -2.24. The average molecular weight is 292 g/mol. The second-order valence-corrected chi connectivity index (χ2v) is 6.84. The molecule has 0 aromatic carbocycles. The van der Waals surface area contributed by atoms with Crippen LogP contribution < -0.4 is 0 Å². The normalized spacial score (nSPS) is 11.2. The number of ether oxygens (including phenoxy) is 1. The summed E-state index contributed by atoms with van der Waals surface area (Å²) in [7, 11) is -2.25. The first-order valence-electron chi connectivity index (χ1n) is 4.93. The topological polar surface area (TPSA) is 97.7 Å². The van der Waals surface area contributed by atoms with E-state index in [-0.39, 0.29) is 22.8 Å². The van der Waals surface area contributed by atoms with Gasteiger partial charge in [-0.1, -0.05) is 0 Å². The van der Waals surface area contributed by atoms with Crippen molar-refractivity contribution in [3.05, 3.63) is 21.9 Å². The predicted molar refractivity (Wildman–Crippen MR) is 65.4 cm³/mol. The zero-order valence-electron chi connectivity index (χ0n) is 9.58. The largest absolute Gasteiger partial charge is 0.477 e. The Bertz CT molecular complexity index is 542. The second-order valence-electron chi connectivity index (χ2n) is 3.49. The molecular formula is C10H12O6S2. The molecule has 1 aromatic rings. The fourth-order valence-corrected chi connectivity index (χ4v) is 3.77. The Morgan fingerprint density at radius 2 is 2.06 bits per heavy atom. The van der Waals surface area contributed by atoms with Crippen LogP contribution in [0, 0.1) is 0 Å². The Kier molecular flexibility index (Phi) is 4.85. The minimum atomic E-state index is -3.44. The van der Waals surface area contributed by atoms with E-state index in [2.05, 4.69) is 4.74 Å². The van der Waals surface area contributed by atoms with Crippen molar-refractivity contribution in [1.29, 1.82) is 0 Å². The number of thiophene rings is 1. The summed E-state index contributed by atoms with van der Waals surface area (Å²) < 4.78 is 27.7. The Morgan fingerprint density at radius 1 is 1.39 bits per heavy atom. The summed E-state index contributed by atoms with van der Waals surface area (Å²) in [6.45, 7) is 0. The number of carboxylic acid groups (broad SMARTS) is 1. The van der Waals surface area contributed by atoms with Gasteiger partial charge in [0.1, 0.15) is 4.88 Å². The van der Waals surface area contributed by atoms with Gasteiger partial charge in [0.25, 0.3) is 0 Å². The van der Waals surface area contributed by atoms with Gasteiger partial charge in [-0.25, -0.2) is 13.2 Å². The van der Waals surface area contributed by atoms with E-state index in [1.807, 2.05) is 0 Å². The summed E-state index contributed by atoms with van der Waals surface area (Å²) in [6, 6.07) is 2.82. The van der Waals surface area contributed by atoms with Crippen molar-refractivity contribution in [3.8, 4) is 0 Å². The third-order valence-corrected chi connectivity index (χ3v) is 4.91. The van der Waals surface area contributed by atoms with Gasteiger partial charge in [-0.2, -0.15) is 0 Å². The molecule has 0 saturated heterocycles. The Balaban J connectivity index is 2.64. The van der Waals surface area contributed by atoms with Crippen molar-refractivity contribution < 1.29 is 27.9 Å². The van der Waals surface area contributed by atoms with E-state index in [0.29, 0.717) is 4.88 Å². The van der Waals surface area contributed by atoms with Gasteiger partial charge in [0, 0.05) is 4.88 Å². The van der Waals surface area contributed by atoms with Crippen LogP contribution in [-0.2, 0) is 25.1 Å². The molecular weight excluding hydrogens is 280 g/mol. The molecule has 1 rings (SSSR count). The Labute approximate surface area is 108 Å². The van der Waals surface area contributed by atoms with E-state index in [9.17, 15) is 18.0 Å². The van der Waals surface area contributed by atoms with Gasteiger partial charge in [-0.05, 0) is 12.1 Å². The van der Waals surface area contributed by atoms with Crippen LogP contribution in [0.1, 0.15) is 21.0 Å². The van der Waals surface area contributed by atoms with Gasteiger partial charge < -0.3 is 9.84 Å². The fraction of sp³-hybridized carbons (Fsp3) is 0.400. The number of carbonyl (C=O) groups is 2. The molecule has 0 radical (unpaired) electrons. The monoisotopic (exact) mass is 292 g/mol. The quantitative estimate of drug-likeness (QED) is 0.783. The van der Waals surface area contributed by atoms with Crippen molar-refractivity contribution in [3.63, 3.8) is 0 Å². The van der Waals surface area contributed by atoms with E-state index in [1.54, 1.807) is 0 Å². The van der Waals surface area contributed by atoms with Crippen LogP contribution in [0.15, 0.2) is 12.1 Å². The van der Waals surface area contributed by atoms with Gasteiger partial charge in [0.2, 0.25) is 0 Å². The molecule has 0 aliphatic rings. The van der Waals surface area contributed by atoms with Gasteiger partial charge in [-0.3, -0.25) is 4.79 Å². The summed E-state index contributed by atoms with van der Waals surface area (Å²) in [4.78, 5) is 22.0. The molecule has 0 amide bonds. The van der Waals surface area contributed by atoms with E-state index in [1.165, 1.54) is 19.2 Å². The molecule has 0 fully saturated rings. The Morgan fingerprint density at radius 3 is 2.56 bits per heavy atom. The van der Waals surface area contributed by atoms with Crippen molar-refractivity contribution in [1.82, 2.24) is 0 Å². The molecule has 6 nitrogen and oxygen atoms in total. The van der Waals surface area contributed by atoms with E-state index < -0.39 is 21.8 Å². The number of esters is 1. The highest BCUT2D eigenvalue weighted by Crippen LogP contribution is 2.19. The number of aromatic carboxylic acids is 1. The summed E-state index contributed by atoms with van der Waals surface area (Å²) >= 11 is 0.913. The minimum absolute atomic E-state index is 0.0909. The highest BCUT2D eigenvalue weighted by atomic mass is 32.2. The highest BCUT2D eigenvalue weighted by Gasteiger charge is 2.17. The molecule has 100 valence electrons.